The average molecular weight is 341 g/mol. The van der Waals surface area contributed by atoms with Crippen molar-refractivity contribution in [1.29, 1.82) is 0 Å². The fourth-order valence-corrected chi connectivity index (χ4v) is 2.74. The van der Waals surface area contributed by atoms with Crippen LogP contribution in [0.1, 0.15) is 10.4 Å². The first-order valence-corrected chi connectivity index (χ1v) is 7.96. The van der Waals surface area contributed by atoms with Gasteiger partial charge in [-0.25, -0.2) is 9.18 Å². The molecule has 0 heterocycles. The van der Waals surface area contributed by atoms with Crippen molar-refractivity contribution >= 4 is 32.8 Å². The maximum absolute atomic E-state index is 14.0. The number of carbonyl (C=O) groups is 2. The number of amides is 1. The Hall–Kier alpha value is -2.52. The van der Waals surface area contributed by atoms with Crippen LogP contribution >= 0.6 is 0 Å². The first-order valence-electron chi connectivity index (χ1n) is 6.35. The molecule has 1 amide bonds. The molecule has 0 bridgehead atoms. The quantitative estimate of drug-likeness (QED) is 0.699. The van der Waals surface area contributed by atoms with Crippen LogP contribution in [-0.4, -0.2) is 41.7 Å². The van der Waals surface area contributed by atoms with E-state index in [9.17, 15) is 22.4 Å². The van der Waals surface area contributed by atoms with Gasteiger partial charge < -0.3 is 10.4 Å². The SMILES string of the molecule is O=C(NC(CS(=O)(=O)O)C(=O)O)c1c(F)ccc2ccccc12. The van der Waals surface area contributed by atoms with Crippen LogP contribution in [0.25, 0.3) is 10.8 Å². The summed E-state index contributed by atoms with van der Waals surface area (Å²) in [6, 6.07) is 6.97. The van der Waals surface area contributed by atoms with E-state index in [2.05, 4.69) is 0 Å². The van der Waals surface area contributed by atoms with Crippen LogP contribution in [0.3, 0.4) is 0 Å². The number of hydrogen-bond donors (Lipinski definition) is 3. The summed E-state index contributed by atoms with van der Waals surface area (Å²) < 4.78 is 44.3. The number of carboxylic acids is 1. The van der Waals surface area contributed by atoms with Crippen molar-refractivity contribution in [3.63, 3.8) is 0 Å². The number of fused-ring (bicyclic) bond motifs is 1. The van der Waals surface area contributed by atoms with Crippen LogP contribution in [-0.2, 0) is 14.9 Å². The van der Waals surface area contributed by atoms with Crippen molar-refractivity contribution in [1.82, 2.24) is 5.32 Å². The number of nitrogens with one attached hydrogen (secondary N) is 1. The Kier molecular flexibility index (Phi) is 4.62. The monoisotopic (exact) mass is 341 g/mol. The van der Waals surface area contributed by atoms with Crippen molar-refractivity contribution in [2.45, 2.75) is 6.04 Å². The number of aliphatic carboxylic acids is 1. The fraction of sp³-hybridized carbons (Fsp3) is 0.143. The predicted molar refractivity (Wildman–Crippen MR) is 79.2 cm³/mol. The summed E-state index contributed by atoms with van der Waals surface area (Å²) in [5, 5.41) is 11.6. The van der Waals surface area contributed by atoms with E-state index in [1.807, 2.05) is 5.32 Å². The zero-order chi connectivity index (χ0) is 17.2. The summed E-state index contributed by atoms with van der Waals surface area (Å²) in [5.74, 6) is -4.86. The number of hydrogen-bond acceptors (Lipinski definition) is 4. The van der Waals surface area contributed by atoms with Crippen LogP contribution < -0.4 is 5.32 Å². The maximum atomic E-state index is 14.0. The zero-order valence-corrected chi connectivity index (χ0v) is 12.4. The topological polar surface area (TPSA) is 121 Å². The molecular weight excluding hydrogens is 329 g/mol. The second-order valence-electron chi connectivity index (χ2n) is 4.76. The lowest BCUT2D eigenvalue weighted by Crippen LogP contribution is -2.45. The smallest absolute Gasteiger partial charge is 0.327 e. The Morgan fingerprint density at radius 2 is 1.83 bits per heavy atom. The Bertz CT molecular complexity index is 880. The van der Waals surface area contributed by atoms with Crippen molar-refractivity contribution in [3.8, 4) is 0 Å². The van der Waals surface area contributed by atoms with Gasteiger partial charge in [0.15, 0.2) is 0 Å². The van der Waals surface area contributed by atoms with Crippen molar-refractivity contribution in [2.75, 3.05) is 5.75 Å². The maximum Gasteiger partial charge on any atom is 0.327 e. The highest BCUT2D eigenvalue weighted by atomic mass is 32.2. The molecule has 2 aromatic rings. The minimum absolute atomic E-state index is 0.251. The van der Waals surface area contributed by atoms with E-state index in [0.29, 0.717) is 5.39 Å². The Labute approximate surface area is 130 Å². The molecule has 0 fully saturated rings. The highest BCUT2D eigenvalue weighted by Crippen LogP contribution is 2.21. The molecule has 2 rings (SSSR count). The van der Waals surface area contributed by atoms with E-state index in [1.165, 1.54) is 12.1 Å². The lowest BCUT2D eigenvalue weighted by Gasteiger charge is -2.14. The molecule has 0 aromatic heterocycles. The minimum atomic E-state index is -4.64. The van der Waals surface area contributed by atoms with Gasteiger partial charge >= 0.3 is 5.97 Å². The molecular formula is C14H12FNO6S. The van der Waals surface area contributed by atoms with Crippen LogP contribution in [0, 0.1) is 5.82 Å². The van der Waals surface area contributed by atoms with E-state index in [0.717, 1.165) is 6.07 Å². The summed E-state index contributed by atoms with van der Waals surface area (Å²) in [7, 11) is -4.64. The van der Waals surface area contributed by atoms with Gasteiger partial charge in [-0.2, -0.15) is 8.42 Å². The van der Waals surface area contributed by atoms with Gasteiger partial charge in [-0.05, 0) is 16.8 Å². The summed E-state index contributed by atoms with van der Waals surface area (Å²) in [5.41, 5.74) is -0.398. The largest absolute Gasteiger partial charge is 0.480 e. The molecule has 0 spiro atoms. The molecule has 9 heteroatoms. The van der Waals surface area contributed by atoms with E-state index in [4.69, 9.17) is 9.66 Å². The fourth-order valence-electron chi connectivity index (χ4n) is 2.09. The number of carbonyl (C=O) groups excluding carboxylic acids is 1. The third-order valence-electron chi connectivity index (χ3n) is 3.09. The van der Waals surface area contributed by atoms with E-state index in [1.54, 1.807) is 18.2 Å². The molecule has 1 unspecified atom stereocenters. The van der Waals surface area contributed by atoms with E-state index in [-0.39, 0.29) is 5.39 Å². The summed E-state index contributed by atoms with van der Waals surface area (Å²) in [6.45, 7) is 0. The zero-order valence-electron chi connectivity index (χ0n) is 11.6. The van der Waals surface area contributed by atoms with Gasteiger partial charge in [0.25, 0.3) is 16.0 Å². The molecule has 122 valence electrons. The van der Waals surface area contributed by atoms with Crippen molar-refractivity contribution in [3.05, 3.63) is 47.8 Å². The molecule has 0 aliphatic rings. The van der Waals surface area contributed by atoms with Gasteiger partial charge in [0.2, 0.25) is 0 Å². The summed E-state index contributed by atoms with van der Waals surface area (Å²) >= 11 is 0. The molecule has 0 saturated heterocycles. The molecule has 23 heavy (non-hydrogen) atoms. The van der Waals surface area contributed by atoms with Crippen LogP contribution in [0.5, 0.6) is 0 Å². The number of benzene rings is 2. The van der Waals surface area contributed by atoms with Crippen molar-refractivity contribution < 1.29 is 32.1 Å². The Morgan fingerprint density at radius 3 is 2.43 bits per heavy atom. The standard InChI is InChI=1S/C14H12FNO6S/c15-10-6-5-8-3-1-2-4-9(8)12(10)13(17)16-11(14(18)19)7-23(20,21)22/h1-6,11H,7H2,(H,16,17)(H,18,19)(H,20,21,22). The lowest BCUT2D eigenvalue weighted by atomic mass is 10.0. The molecule has 3 N–H and O–H groups in total. The first kappa shape index (κ1) is 16.8. The number of rotatable bonds is 5. The molecule has 0 saturated carbocycles. The highest BCUT2D eigenvalue weighted by Gasteiger charge is 2.27. The van der Waals surface area contributed by atoms with Gasteiger partial charge in [-0.15, -0.1) is 0 Å². The second kappa shape index (κ2) is 6.31. The van der Waals surface area contributed by atoms with Crippen LogP contribution in [0.4, 0.5) is 4.39 Å². The van der Waals surface area contributed by atoms with Crippen LogP contribution in [0.15, 0.2) is 36.4 Å². The number of carboxylic acid groups (broad SMARTS) is 1. The number of halogens is 1. The third-order valence-corrected chi connectivity index (χ3v) is 3.84. The Morgan fingerprint density at radius 1 is 1.17 bits per heavy atom. The normalized spacial score (nSPS) is 12.8. The van der Waals surface area contributed by atoms with Gasteiger partial charge in [-0.1, -0.05) is 30.3 Å². The molecule has 2 aromatic carbocycles. The highest BCUT2D eigenvalue weighted by molar-refractivity contribution is 7.85. The summed E-state index contributed by atoms with van der Waals surface area (Å²) in [6.07, 6.45) is 0. The summed E-state index contributed by atoms with van der Waals surface area (Å²) in [4.78, 5) is 23.2. The van der Waals surface area contributed by atoms with Gasteiger partial charge in [0, 0.05) is 0 Å². The first-order chi connectivity index (χ1) is 10.7. The Balaban J connectivity index is 2.40. The molecule has 0 radical (unpaired) electrons. The average Bonchev–Trinajstić information content (AvgIpc) is 2.44. The van der Waals surface area contributed by atoms with Gasteiger partial charge in [-0.3, -0.25) is 9.35 Å². The van der Waals surface area contributed by atoms with E-state index >= 15 is 0 Å². The second-order valence-corrected chi connectivity index (χ2v) is 6.25. The minimum Gasteiger partial charge on any atom is -0.480 e. The van der Waals surface area contributed by atoms with Gasteiger partial charge in [0.05, 0.1) is 5.56 Å². The molecule has 0 aliphatic heterocycles. The molecule has 7 nitrogen and oxygen atoms in total. The van der Waals surface area contributed by atoms with Gasteiger partial charge in [0.1, 0.15) is 17.6 Å². The van der Waals surface area contributed by atoms with E-state index < -0.39 is 45.2 Å². The third kappa shape index (κ3) is 4.02. The van der Waals surface area contributed by atoms with Crippen LogP contribution in [0.2, 0.25) is 0 Å². The molecule has 1 atom stereocenters. The predicted octanol–water partition coefficient (Wildman–Crippen LogP) is 1.05. The van der Waals surface area contributed by atoms with Crippen molar-refractivity contribution in [2.24, 2.45) is 0 Å². The lowest BCUT2D eigenvalue weighted by molar-refractivity contribution is -0.138. The molecule has 0 aliphatic carbocycles.